The number of nitrogens with one attached hydrogen (secondary N) is 2. The first kappa shape index (κ1) is 23.4. The molecule has 2 aromatic rings. The summed E-state index contributed by atoms with van der Waals surface area (Å²) in [6, 6.07) is 16.7. The van der Waals surface area contributed by atoms with Crippen molar-refractivity contribution in [1.29, 1.82) is 0 Å². The van der Waals surface area contributed by atoms with E-state index in [2.05, 4.69) is 15.5 Å². The van der Waals surface area contributed by atoms with Crippen molar-refractivity contribution < 1.29 is 19.4 Å². The molecular formula is C27H31N3O4. The Kier molecular flexibility index (Phi) is 7.86. The fourth-order valence-electron chi connectivity index (χ4n) is 4.20. The highest BCUT2D eigenvalue weighted by atomic mass is 16.5. The first-order valence-corrected chi connectivity index (χ1v) is 11.8. The van der Waals surface area contributed by atoms with Crippen molar-refractivity contribution in [1.82, 2.24) is 15.5 Å². The largest absolute Gasteiger partial charge is 0.493 e. The Morgan fingerprint density at radius 1 is 1.06 bits per heavy atom. The number of hydrogen-bond acceptors (Lipinski definition) is 5. The van der Waals surface area contributed by atoms with Crippen molar-refractivity contribution in [3.05, 3.63) is 89.4 Å². The van der Waals surface area contributed by atoms with Crippen LogP contribution >= 0.6 is 0 Å². The van der Waals surface area contributed by atoms with E-state index in [1.807, 2.05) is 42.5 Å². The van der Waals surface area contributed by atoms with Crippen molar-refractivity contribution in [3.63, 3.8) is 0 Å². The summed E-state index contributed by atoms with van der Waals surface area (Å²) in [5, 5.41) is 15.5. The molecule has 3 N–H and O–H groups in total. The topological polar surface area (TPSA) is 90.9 Å². The van der Waals surface area contributed by atoms with Crippen LogP contribution in [0.5, 0.6) is 5.75 Å². The highest BCUT2D eigenvalue weighted by Crippen LogP contribution is 2.22. The second kappa shape index (κ2) is 11.4. The third kappa shape index (κ3) is 6.63. The van der Waals surface area contributed by atoms with Crippen molar-refractivity contribution in [2.75, 3.05) is 26.2 Å². The van der Waals surface area contributed by atoms with Gasteiger partial charge in [-0.25, -0.2) is 4.79 Å². The summed E-state index contributed by atoms with van der Waals surface area (Å²) in [5.74, 6) is 1.20. The molecule has 0 bridgehead atoms. The number of likely N-dealkylation sites (tertiary alicyclic amines) is 1. The number of carboxylic acid groups (broad SMARTS) is 1. The number of allylic oxidation sites excluding steroid dienone is 2. The van der Waals surface area contributed by atoms with Gasteiger partial charge in [-0.15, -0.1) is 0 Å². The quantitative estimate of drug-likeness (QED) is 0.529. The van der Waals surface area contributed by atoms with Gasteiger partial charge in [0.1, 0.15) is 11.6 Å². The number of hydrogen-bond donors (Lipinski definition) is 3. The molecule has 0 spiro atoms. The molecule has 1 saturated heterocycles. The molecule has 0 radical (unpaired) electrons. The van der Waals surface area contributed by atoms with Crippen LogP contribution in [-0.2, 0) is 11.2 Å². The van der Waals surface area contributed by atoms with Gasteiger partial charge in [0.2, 0.25) is 5.91 Å². The van der Waals surface area contributed by atoms with Crippen molar-refractivity contribution in [3.8, 4) is 5.75 Å². The van der Waals surface area contributed by atoms with Crippen LogP contribution in [-0.4, -0.2) is 48.1 Å². The molecule has 2 aromatic carbocycles. The van der Waals surface area contributed by atoms with Gasteiger partial charge in [0, 0.05) is 25.2 Å². The number of carboxylic acids is 1. The number of ether oxygens (including phenoxy) is 1. The summed E-state index contributed by atoms with van der Waals surface area (Å²) in [6.07, 6.45) is 7.22. The fourth-order valence-corrected chi connectivity index (χ4v) is 4.20. The number of carbonyl (C=O) groups is 2. The predicted octanol–water partition coefficient (Wildman–Crippen LogP) is 3.55. The van der Waals surface area contributed by atoms with Crippen LogP contribution < -0.4 is 15.4 Å². The van der Waals surface area contributed by atoms with E-state index in [0.717, 1.165) is 49.4 Å². The van der Waals surface area contributed by atoms with E-state index in [1.165, 1.54) is 0 Å². The van der Waals surface area contributed by atoms with E-state index in [-0.39, 0.29) is 11.5 Å². The van der Waals surface area contributed by atoms with Crippen LogP contribution in [0.2, 0.25) is 0 Å². The number of rotatable bonds is 9. The first-order valence-electron chi connectivity index (χ1n) is 11.8. The number of carbonyl (C=O) groups excluding carboxylic acids is 1. The summed E-state index contributed by atoms with van der Waals surface area (Å²) in [7, 11) is 0. The molecule has 1 fully saturated rings. The van der Waals surface area contributed by atoms with Crippen molar-refractivity contribution in [2.45, 2.75) is 25.7 Å². The summed E-state index contributed by atoms with van der Waals surface area (Å²) in [6.45, 7) is 3.04. The predicted molar refractivity (Wildman–Crippen MR) is 130 cm³/mol. The lowest BCUT2D eigenvalue weighted by molar-refractivity contribution is -0.120. The highest BCUT2D eigenvalue weighted by molar-refractivity contribution is 5.88. The molecule has 0 unspecified atom stereocenters. The van der Waals surface area contributed by atoms with Crippen LogP contribution in [0.15, 0.2) is 78.3 Å². The summed E-state index contributed by atoms with van der Waals surface area (Å²) in [5.41, 5.74) is 2.29. The van der Waals surface area contributed by atoms with Crippen molar-refractivity contribution >= 4 is 11.9 Å². The Labute approximate surface area is 200 Å². The zero-order chi connectivity index (χ0) is 23.8. The molecule has 2 heterocycles. The zero-order valence-corrected chi connectivity index (χ0v) is 19.2. The maximum Gasteiger partial charge on any atom is 0.335 e. The average molecular weight is 462 g/mol. The smallest absolute Gasteiger partial charge is 0.335 e. The summed E-state index contributed by atoms with van der Waals surface area (Å²) < 4.78 is 5.85. The zero-order valence-electron chi connectivity index (χ0n) is 19.2. The lowest BCUT2D eigenvalue weighted by Gasteiger charge is -2.36. The average Bonchev–Trinajstić information content (AvgIpc) is 2.88. The molecule has 0 atom stereocenters. The second-order valence-corrected chi connectivity index (χ2v) is 8.71. The third-order valence-corrected chi connectivity index (χ3v) is 6.21. The van der Waals surface area contributed by atoms with E-state index >= 15 is 0 Å². The standard InChI is InChI=1S/C27H31N3O4/c31-26(12-9-20-5-2-1-3-6-20)29-23-10-11-25(28-18-23)30-15-13-21(14-16-30)19-34-24-8-4-7-22(17-24)27(32)33/h1-8,10-11,17,21,28H,9,12-16,18-19H2,(H,29,31)(H,32,33). The number of aryl methyl sites for hydroxylation is 1. The van der Waals surface area contributed by atoms with Crippen LogP contribution in [0.3, 0.4) is 0 Å². The van der Waals surface area contributed by atoms with E-state index in [0.29, 0.717) is 31.2 Å². The SMILES string of the molecule is O=C(CCc1ccccc1)NC1=CC=C(N2CCC(COc3cccc(C(=O)O)c3)CC2)NC1. The normalized spacial score (nSPS) is 16.2. The fraction of sp³-hybridized carbons (Fsp3) is 0.333. The molecule has 178 valence electrons. The lowest BCUT2D eigenvalue weighted by Crippen LogP contribution is -2.42. The minimum Gasteiger partial charge on any atom is -0.493 e. The molecule has 2 aliphatic rings. The number of nitrogens with zero attached hydrogens (tertiary/aromatic N) is 1. The van der Waals surface area contributed by atoms with Gasteiger partial charge in [-0.1, -0.05) is 36.4 Å². The van der Waals surface area contributed by atoms with Crippen molar-refractivity contribution in [2.24, 2.45) is 5.92 Å². The number of piperidine rings is 1. The maximum atomic E-state index is 12.3. The first-order chi connectivity index (χ1) is 16.6. The monoisotopic (exact) mass is 461 g/mol. The van der Waals surface area contributed by atoms with Gasteiger partial charge in [0.05, 0.1) is 18.7 Å². The van der Waals surface area contributed by atoms with Crippen LogP contribution in [0, 0.1) is 5.92 Å². The third-order valence-electron chi connectivity index (χ3n) is 6.21. The number of amides is 1. The maximum absolute atomic E-state index is 12.3. The van der Waals surface area contributed by atoms with E-state index < -0.39 is 5.97 Å². The molecule has 4 rings (SSSR count). The van der Waals surface area contributed by atoms with Gasteiger partial charge in [0.15, 0.2) is 0 Å². The van der Waals surface area contributed by atoms with Crippen LogP contribution in [0.4, 0.5) is 0 Å². The van der Waals surface area contributed by atoms with E-state index in [4.69, 9.17) is 9.84 Å². The molecular weight excluding hydrogens is 430 g/mol. The van der Waals surface area contributed by atoms with Gasteiger partial charge >= 0.3 is 5.97 Å². The Morgan fingerprint density at radius 3 is 2.56 bits per heavy atom. The molecule has 2 aliphatic heterocycles. The van der Waals surface area contributed by atoms with E-state index in [1.54, 1.807) is 24.3 Å². The molecule has 34 heavy (non-hydrogen) atoms. The molecule has 0 saturated carbocycles. The van der Waals surface area contributed by atoms with Crippen LogP contribution in [0.25, 0.3) is 0 Å². The summed E-state index contributed by atoms with van der Waals surface area (Å²) >= 11 is 0. The Hall–Kier alpha value is -3.74. The van der Waals surface area contributed by atoms with Crippen LogP contribution in [0.1, 0.15) is 35.2 Å². The lowest BCUT2D eigenvalue weighted by atomic mass is 9.97. The summed E-state index contributed by atoms with van der Waals surface area (Å²) in [4.78, 5) is 25.7. The minimum absolute atomic E-state index is 0.0310. The van der Waals surface area contributed by atoms with E-state index in [9.17, 15) is 9.59 Å². The number of benzene rings is 2. The molecule has 1 amide bonds. The van der Waals surface area contributed by atoms with Gasteiger partial charge in [0.25, 0.3) is 0 Å². The van der Waals surface area contributed by atoms with Gasteiger partial charge in [-0.3, -0.25) is 4.79 Å². The Morgan fingerprint density at radius 2 is 1.85 bits per heavy atom. The van der Waals surface area contributed by atoms with Gasteiger partial charge in [-0.05, 0) is 61.1 Å². The second-order valence-electron chi connectivity index (χ2n) is 8.71. The Bertz CT molecular complexity index is 1060. The molecule has 0 aromatic heterocycles. The minimum atomic E-state index is -0.948. The number of dihydropyridines is 1. The molecule has 0 aliphatic carbocycles. The molecule has 7 heteroatoms. The van der Waals surface area contributed by atoms with Gasteiger partial charge < -0.3 is 25.4 Å². The Balaban J connectivity index is 1.19. The van der Waals surface area contributed by atoms with Gasteiger partial charge in [-0.2, -0.15) is 0 Å². The number of aromatic carboxylic acids is 1. The highest BCUT2D eigenvalue weighted by Gasteiger charge is 2.22. The molecule has 7 nitrogen and oxygen atoms in total.